The molecule has 0 atom stereocenters. The summed E-state index contributed by atoms with van der Waals surface area (Å²) in [6, 6.07) is 7.04. The van der Waals surface area contributed by atoms with Crippen molar-refractivity contribution in [2.45, 2.75) is 40.0 Å². The van der Waals surface area contributed by atoms with Gasteiger partial charge in [0.05, 0.1) is 18.0 Å². The van der Waals surface area contributed by atoms with Crippen LogP contribution in [-0.2, 0) is 9.53 Å². The van der Waals surface area contributed by atoms with Crippen molar-refractivity contribution < 1.29 is 14.3 Å². The molecule has 7 nitrogen and oxygen atoms in total. The second kappa shape index (κ2) is 9.60. The maximum atomic E-state index is 12.6. The van der Waals surface area contributed by atoms with Crippen molar-refractivity contribution >= 4 is 29.2 Å². The molecule has 1 aliphatic rings. The normalized spacial score (nSPS) is 13.1. The maximum absolute atomic E-state index is 12.6. The minimum atomic E-state index is -0.516. The number of fused-ring (bicyclic) bond motifs is 1. The number of esters is 1. The first kappa shape index (κ1) is 19.5. The number of rotatable bonds is 6. The number of allylic oxidation sites excluding steroid dienone is 1. The molecule has 1 heterocycles. The van der Waals surface area contributed by atoms with Crippen LogP contribution in [0.1, 0.15) is 40.0 Å². The molecule has 7 heteroatoms. The Hall–Kier alpha value is -2.83. The van der Waals surface area contributed by atoms with E-state index in [1.54, 1.807) is 6.92 Å². The van der Waals surface area contributed by atoms with Crippen LogP contribution in [-0.4, -0.2) is 31.0 Å². The van der Waals surface area contributed by atoms with Crippen molar-refractivity contribution in [1.82, 2.24) is 10.6 Å². The van der Waals surface area contributed by atoms with E-state index in [1.165, 1.54) is 0 Å². The highest BCUT2D eigenvalue weighted by atomic mass is 16.5. The van der Waals surface area contributed by atoms with E-state index in [9.17, 15) is 9.59 Å². The Labute approximate surface area is 153 Å². The van der Waals surface area contributed by atoms with Gasteiger partial charge in [0.1, 0.15) is 5.57 Å². The summed E-state index contributed by atoms with van der Waals surface area (Å²) in [5.41, 5.74) is 2.31. The number of carbonyl (C=O) groups is 2. The fourth-order valence-corrected chi connectivity index (χ4v) is 2.53. The van der Waals surface area contributed by atoms with Gasteiger partial charge in [-0.15, -0.1) is 0 Å². The molecule has 0 bridgehead atoms. The molecule has 0 aliphatic carbocycles. The maximum Gasteiger partial charge on any atom is 0.343 e. The summed E-state index contributed by atoms with van der Waals surface area (Å²) in [5, 5.41) is 8.73. The number of para-hydroxylation sites is 2. The molecule has 140 valence electrons. The predicted molar refractivity (Wildman–Crippen MR) is 103 cm³/mol. The van der Waals surface area contributed by atoms with Crippen LogP contribution in [0.15, 0.2) is 40.5 Å². The van der Waals surface area contributed by atoms with Crippen molar-refractivity contribution in [3.63, 3.8) is 0 Å². The van der Waals surface area contributed by atoms with Crippen LogP contribution in [0.4, 0.5) is 16.2 Å². The molecule has 1 aliphatic heterocycles. The smallest absolute Gasteiger partial charge is 0.343 e. The van der Waals surface area contributed by atoms with Crippen LogP contribution in [0.25, 0.3) is 0 Å². The number of nitrogens with one attached hydrogen (secondary N) is 3. The number of amides is 2. The third-order valence-corrected chi connectivity index (χ3v) is 3.84. The van der Waals surface area contributed by atoms with Gasteiger partial charge in [0.25, 0.3) is 0 Å². The average Bonchev–Trinajstić information content (AvgIpc) is 2.78. The number of ether oxygens (including phenoxy) is 1. The lowest BCUT2D eigenvalue weighted by Gasteiger charge is -2.15. The lowest BCUT2D eigenvalue weighted by Crippen LogP contribution is -2.42. The lowest BCUT2D eigenvalue weighted by atomic mass is 10.1. The lowest BCUT2D eigenvalue weighted by molar-refractivity contribution is -0.137. The van der Waals surface area contributed by atoms with Gasteiger partial charge in [-0.1, -0.05) is 32.4 Å². The predicted octanol–water partition coefficient (Wildman–Crippen LogP) is 3.47. The topological polar surface area (TPSA) is 91.8 Å². The van der Waals surface area contributed by atoms with Crippen molar-refractivity contribution in [3.05, 3.63) is 35.5 Å². The summed E-state index contributed by atoms with van der Waals surface area (Å²) in [4.78, 5) is 29.3. The first-order valence-corrected chi connectivity index (χ1v) is 9.00. The number of nitrogens with zero attached hydrogens (tertiary/aromatic N) is 1. The van der Waals surface area contributed by atoms with E-state index < -0.39 is 12.0 Å². The van der Waals surface area contributed by atoms with E-state index in [4.69, 9.17) is 4.74 Å². The zero-order valence-electron chi connectivity index (χ0n) is 15.5. The van der Waals surface area contributed by atoms with Gasteiger partial charge in [0.15, 0.2) is 5.84 Å². The molecule has 2 rings (SSSR count). The Morgan fingerprint density at radius 1 is 1.19 bits per heavy atom. The summed E-state index contributed by atoms with van der Waals surface area (Å²) in [6.07, 6.45) is 2.41. The monoisotopic (exact) mass is 358 g/mol. The Balaban J connectivity index is 2.40. The second-order valence-corrected chi connectivity index (χ2v) is 5.76. The van der Waals surface area contributed by atoms with E-state index in [0.717, 1.165) is 18.5 Å². The van der Waals surface area contributed by atoms with Gasteiger partial charge in [0, 0.05) is 12.2 Å². The van der Waals surface area contributed by atoms with Gasteiger partial charge in [-0.25, -0.2) is 14.6 Å². The van der Waals surface area contributed by atoms with Crippen molar-refractivity contribution in [2.75, 3.05) is 18.5 Å². The number of carbonyl (C=O) groups excluding carboxylic acids is 2. The first-order chi connectivity index (χ1) is 12.6. The summed E-state index contributed by atoms with van der Waals surface area (Å²) >= 11 is 0. The number of anilines is 1. The zero-order valence-corrected chi connectivity index (χ0v) is 15.5. The number of urea groups is 1. The van der Waals surface area contributed by atoms with Crippen molar-refractivity contribution in [2.24, 2.45) is 4.99 Å². The standard InChI is InChI=1S/C19H26N4O3/c1-4-7-12-20-19(25)23-17-16(18(24)26-6-3)13(5-2)21-14-10-8-9-11-15(14)22-17/h8-11,21H,4-7,12H2,1-3H3,(H2,20,22,23,25). The molecular formula is C19H26N4O3. The number of unbranched alkanes of at least 4 members (excludes halogenated alkanes) is 1. The molecule has 3 N–H and O–H groups in total. The molecule has 0 saturated heterocycles. The largest absolute Gasteiger partial charge is 0.462 e. The van der Waals surface area contributed by atoms with Crippen LogP contribution in [0.5, 0.6) is 0 Å². The number of hydrogen-bond donors (Lipinski definition) is 3. The van der Waals surface area contributed by atoms with Gasteiger partial charge >= 0.3 is 12.0 Å². The molecule has 0 saturated carbocycles. The zero-order chi connectivity index (χ0) is 18.9. The summed E-state index contributed by atoms with van der Waals surface area (Å²) in [7, 11) is 0. The van der Waals surface area contributed by atoms with Gasteiger partial charge in [-0.2, -0.15) is 0 Å². The van der Waals surface area contributed by atoms with E-state index in [2.05, 4.69) is 20.9 Å². The highest BCUT2D eigenvalue weighted by molar-refractivity contribution is 6.24. The van der Waals surface area contributed by atoms with Crippen LogP contribution in [0, 0.1) is 0 Å². The Morgan fingerprint density at radius 3 is 2.65 bits per heavy atom. The van der Waals surface area contributed by atoms with Crippen LogP contribution in [0.2, 0.25) is 0 Å². The summed E-state index contributed by atoms with van der Waals surface area (Å²) < 4.78 is 5.19. The van der Waals surface area contributed by atoms with Gasteiger partial charge in [0.2, 0.25) is 0 Å². The molecule has 1 aromatic rings. The third-order valence-electron chi connectivity index (χ3n) is 3.84. The Kier molecular flexibility index (Phi) is 7.20. The molecule has 0 aromatic heterocycles. The molecule has 0 unspecified atom stereocenters. The van der Waals surface area contributed by atoms with Gasteiger partial charge in [-0.3, -0.25) is 5.32 Å². The highest BCUT2D eigenvalue weighted by Gasteiger charge is 2.26. The molecule has 0 radical (unpaired) electrons. The minimum Gasteiger partial charge on any atom is -0.462 e. The number of benzene rings is 1. The molecule has 1 aromatic carbocycles. The fourth-order valence-electron chi connectivity index (χ4n) is 2.53. The summed E-state index contributed by atoms with van der Waals surface area (Å²) in [6.45, 7) is 6.51. The third kappa shape index (κ3) is 4.84. The highest BCUT2D eigenvalue weighted by Crippen LogP contribution is 2.31. The van der Waals surface area contributed by atoms with Gasteiger partial charge in [-0.05, 0) is 31.9 Å². The van der Waals surface area contributed by atoms with E-state index >= 15 is 0 Å². The van der Waals surface area contributed by atoms with Crippen molar-refractivity contribution in [3.8, 4) is 0 Å². The van der Waals surface area contributed by atoms with Gasteiger partial charge < -0.3 is 15.4 Å². The van der Waals surface area contributed by atoms with E-state index in [1.807, 2.05) is 38.1 Å². The van der Waals surface area contributed by atoms with E-state index in [-0.39, 0.29) is 18.0 Å². The fraction of sp³-hybridized carbons (Fsp3) is 0.421. The Bertz CT molecular complexity index is 725. The summed E-state index contributed by atoms with van der Waals surface area (Å²) in [5.74, 6) is -0.330. The molecule has 2 amide bonds. The molecule has 0 spiro atoms. The SMILES string of the molecule is CCCCNC(=O)NC1=Nc2ccccc2NC(CC)=C1C(=O)OCC. The molecular weight excluding hydrogens is 332 g/mol. The van der Waals surface area contributed by atoms with E-state index in [0.29, 0.717) is 24.4 Å². The van der Waals surface area contributed by atoms with Crippen LogP contribution >= 0.6 is 0 Å². The van der Waals surface area contributed by atoms with Crippen LogP contribution in [0.3, 0.4) is 0 Å². The molecule has 0 fully saturated rings. The number of hydrogen-bond acceptors (Lipinski definition) is 5. The Morgan fingerprint density at radius 2 is 1.96 bits per heavy atom. The molecule has 26 heavy (non-hydrogen) atoms. The number of aliphatic imine (C=N–C) groups is 1. The minimum absolute atomic E-state index is 0.187. The quantitative estimate of drug-likeness (QED) is 0.536. The second-order valence-electron chi connectivity index (χ2n) is 5.76. The first-order valence-electron chi connectivity index (χ1n) is 9.00. The van der Waals surface area contributed by atoms with Crippen LogP contribution < -0.4 is 16.0 Å². The number of amidine groups is 1. The van der Waals surface area contributed by atoms with Crippen molar-refractivity contribution in [1.29, 1.82) is 0 Å². The average molecular weight is 358 g/mol.